The first kappa shape index (κ1) is 40.7. The maximum Gasteiger partial charge on any atom is 0.252 e. The second kappa shape index (κ2) is 15.4. The van der Waals surface area contributed by atoms with E-state index in [1.165, 1.54) is 44.6 Å². The van der Waals surface area contributed by atoms with Crippen LogP contribution in [-0.4, -0.2) is 6.71 Å². The number of para-hydroxylation sites is 3. The van der Waals surface area contributed by atoms with E-state index in [2.05, 4.69) is 250 Å². The molecule has 0 saturated carbocycles. The standard InChI is InChI=1S/C62H52BN3O/c1-61(2,3)43-27-32-48(33-28-43)65-54-37-29-44(62(4,5)6)39-53(54)63-52-36-34-49(64(45-16-9-7-10-17-45)46-18-11-8-12-19-46)40-57(52)66(56-22-15-21-55(65)60(56)63)47-30-24-41(25-31-47)42-26-35-51-50-20-13-14-23-58(50)67-59(51)38-42/h7-40H,1-6H3. The quantitative estimate of drug-likeness (QED) is 0.155. The van der Waals surface area contributed by atoms with Crippen LogP contribution in [0.5, 0.6) is 0 Å². The molecular weight excluding hydrogens is 814 g/mol. The molecule has 0 saturated heterocycles. The summed E-state index contributed by atoms with van der Waals surface area (Å²) in [6.07, 6.45) is 0. The molecule has 0 amide bonds. The fourth-order valence-electron chi connectivity index (χ4n) is 10.5. The van der Waals surface area contributed by atoms with Gasteiger partial charge in [0.25, 0.3) is 6.71 Å². The molecule has 10 aromatic rings. The summed E-state index contributed by atoms with van der Waals surface area (Å²) in [7, 11) is 0. The van der Waals surface area contributed by atoms with E-state index in [0.29, 0.717) is 0 Å². The summed E-state index contributed by atoms with van der Waals surface area (Å²) in [5.74, 6) is 0. The predicted octanol–water partition coefficient (Wildman–Crippen LogP) is 15.4. The van der Waals surface area contributed by atoms with E-state index in [1.54, 1.807) is 0 Å². The van der Waals surface area contributed by atoms with E-state index >= 15 is 0 Å². The summed E-state index contributed by atoms with van der Waals surface area (Å²) < 4.78 is 6.34. The number of anilines is 9. The fourth-order valence-corrected chi connectivity index (χ4v) is 10.5. The molecule has 0 unspecified atom stereocenters. The molecule has 0 aliphatic carbocycles. The number of fused-ring (bicyclic) bond motifs is 7. The van der Waals surface area contributed by atoms with Gasteiger partial charge in [0.15, 0.2) is 0 Å². The number of rotatable bonds is 6. The first-order valence-electron chi connectivity index (χ1n) is 23.5. The third-order valence-electron chi connectivity index (χ3n) is 14.0. The molecule has 0 spiro atoms. The normalized spacial score (nSPS) is 13.1. The van der Waals surface area contributed by atoms with Crippen LogP contribution >= 0.6 is 0 Å². The Hall–Kier alpha value is -7.76. The monoisotopic (exact) mass is 865 g/mol. The van der Waals surface area contributed by atoms with Crippen molar-refractivity contribution in [2.75, 3.05) is 14.7 Å². The zero-order valence-electron chi connectivity index (χ0n) is 39.0. The molecule has 9 aromatic carbocycles. The summed E-state index contributed by atoms with van der Waals surface area (Å²) >= 11 is 0. The molecule has 0 N–H and O–H groups in total. The van der Waals surface area contributed by atoms with Crippen LogP contribution in [0.25, 0.3) is 33.1 Å². The summed E-state index contributed by atoms with van der Waals surface area (Å²) in [6.45, 7) is 13.8. The van der Waals surface area contributed by atoms with Gasteiger partial charge in [-0.3, -0.25) is 0 Å². The molecule has 4 nitrogen and oxygen atoms in total. The number of nitrogens with zero attached hydrogens (tertiary/aromatic N) is 3. The highest BCUT2D eigenvalue weighted by atomic mass is 16.3. The molecule has 2 aliphatic rings. The minimum atomic E-state index is -0.0377. The molecule has 0 radical (unpaired) electrons. The average molecular weight is 866 g/mol. The van der Waals surface area contributed by atoms with E-state index in [4.69, 9.17) is 4.42 Å². The Balaban J connectivity index is 1.08. The average Bonchev–Trinajstić information content (AvgIpc) is 3.72. The molecule has 1 aromatic heterocycles. The Labute approximate surface area is 394 Å². The summed E-state index contributed by atoms with van der Waals surface area (Å²) in [6, 6.07) is 75.9. The Morgan fingerprint density at radius 2 is 0.955 bits per heavy atom. The van der Waals surface area contributed by atoms with Crippen molar-refractivity contribution in [3.8, 4) is 11.1 Å². The molecule has 3 heterocycles. The topological polar surface area (TPSA) is 22.9 Å². The van der Waals surface area contributed by atoms with Gasteiger partial charge >= 0.3 is 0 Å². The van der Waals surface area contributed by atoms with Crippen LogP contribution in [0.4, 0.5) is 51.2 Å². The second-order valence-electron chi connectivity index (χ2n) is 20.2. The molecule has 2 aliphatic heterocycles. The molecule has 324 valence electrons. The van der Waals surface area contributed by atoms with Crippen LogP contribution < -0.4 is 31.1 Å². The van der Waals surface area contributed by atoms with Gasteiger partial charge < -0.3 is 19.1 Å². The summed E-state index contributed by atoms with van der Waals surface area (Å²) in [5, 5.41) is 2.28. The Morgan fingerprint density at radius 1 is 0.388 bits per heavy atom. The number of benzene rings is 9. The Morgan fingerprint density at radius 3 is 1.61 bits per heavy atom. The number of hydrogen-bond acceptors (Lipinski definition) is 4. The highest BCUT2D eigenvalue weighted by Gasteiger charge is 2.44. The molecular formula is C62H52BN3O. The third kappa shape index (κ3) is 6.83. The van der Waals surface area contributed by atoms with Crippen LogP contribution in [0.2, 0.25) is 0 Å². The van der Waals surface area contributed by atoms with Gasteiger partial charge in [0.1, 0.15) is 11.2 Å². The fraction of sp³-hybridized carbons (Fsp3) is 0.129. The maximum absolute atomic E-state index is 6.34. The second-order valence-corrected chi connectivity index (χ2v) is 20.2. The van der Waals surface area contributed by atoms with Gasteiger partial charge in [-0.25, -0.2) is 0 Å². The number of furan rings is 1. The highest BCUT2D eigenvalue weighted by molar-refractivity contribution is 7.00. The van der Waals surface area contributed by atoms with Crippen molar-refractivity contribution >= 4 is 96.2 Å². The lowest BCUT2D eigenvalue weighted by Gasteiger charge is -2.44. The first-order valence-corrected chi connectivity index (χ1v) is 23.5. The molecule has 67 heavy (non-hydrogen) atoms. The van der Waals surface area contributed by atoms with Crippen molar-refractivity contribution in [3.05, 3.63) is 217 Å². The smallest absolute Gasteiger partial charge is 0.252 e. The molecule has 12 rings (SSSR count). The van der Waals surface area contributed by atoms with Gasteiger partial charge in [0.05, 0.1) is 0 Å². The minimum absolute atomic E-state index is 0.00870. The largest absolute Gasteiger partial charge is 0.456 e. The summed E-state index contributed by atoms with van der Waals surface area (Å²) in [4.78, 5) is 7.39. The van der Waals surface area contributed by atoms with E-state index in [0.717, 1.165) is 67.2 Å². The van der Waals surface area contributed by atoms with Gasteiger partial charge in [0.2, 0.25) is 0 Å². The lowest BCUT2D eigenvalue weighted by atomic mass is 9.33. The minimum Gasteiger partial charge on any atom is -0.456 e. The van der Waals surface area contributed by atoms with Crippen molar-refractivity contribution in [1.82, 2.24) is 0 Å². The van der Waals surface area contributed by atoms with Crippen LogP contribution in [0.3, 0.4) is 0 Å². The number of hydrogen-bond donors (Lipinski definition) is 0. The van der Waals surface area contributed by atoms with Crippen molar-refractivity contribution < 1.29 is 4.42 Å². The van der Waals surface area contributed by atoms with E-state index in [1.807, 2.05) is 12.1 Å². The van der Waals surface area contributed by atoms with Crippen LogP contribution in [0.15, 0.2) is 211 Å². The van der Waals surface area contributed by atoms with Crippen molar-refractivity contribution in [1.29, 1.82) is 0 Å². The maximum atomic E-state index is 6.34. The van der Waals surface area contributed by atoms with Gasteiger partial charge in [-0.05, 0) is 147 Å². The van der Waals surface area contributed by atoms with Crippen molar-refractivity contribution in [2.45, 2.75) is 52.4 Å². The highest BCUT2D eigenvalue weighted by Crippen LogP contribution is 2.47. The lowest BCUT2D eigenvalue weighted by Crippen LogP contribution is -2.61. The SMILES string of the molecule is CC(C)(C)c1ccc(N2c3ccc(C(C)(C)C)cc3B3c4ccc(N(c5ccccc5)c5ccccc5)cc4N(c4ccc(-c5ccc6c(c5)oc5ccccc56)cc4)c4cccc2c43)cc1. The zero-order chi connectivity index (χ0) is 45.6. The third-order valence-corrected chi connectivity index (χ3v) is 14.0. The zero-order valence-corrected chi connectivity index (χ0v) is 39.0. The first-order chi connectivity index (χ1) is 32.5. The molecule has 0 fully saturated rings. The van der Waals surface area contributed by atoms with Crippen LogP contribution in [0.1, 0.15) is 52.7 Å². The van der Waals surface area contributed by atoms with E-state index in [-0.39, 0.29) is 17.5 Å². The molecule has 0 bridgehead atoms. The van der Waals surface area contributed by atoms with Crippen molar-refractivity contribution in [3.63, 3.8) is 0 Å². The Bertz CT molecular complexity index is 3450. The molecule has 5 heteroatoms. The van der Waals surface area contributed by atoms with E-state index < -0.39 is 0 Å². The molecule has 0 atom stereocenters. The van der Waals surface area contributed by atoms with Gasteiger partial charge in [-0.15, -0.1) is 0 Å². The summed E-state index contributed by atoms with van der Waals surface area (Å²) in [5.41, 5.74) is 21.0. The lowest BCUT2D eigenvalue weighted by molar-refractivity contribution is 0.590. The van der Waals surface area contributed by atoms with E-state index in [9.17, 15) is 0 Å². The predicted molar refractivity (Wildman–Crippen MR) is 285 cm³/mol. The van der Waals surface area contributed by atoms with Gasteiger partial charge in [-0.1, -0.05) is 151 Å². The Kier molecular flexibility index (Phi) is 9.38. The van der Waals surface area contributed by atoms with Crippen molar-refractivity contribution in [2.24, 2.45) is 0 Å². The van der Waals surface area contributed by atoms with Crippen LogP contribution in [0, 0.1) is 0 Å². The van der Waals surface area contributed by atoms with Gasteiger partial charge in [-0.2, -0.15) is 0 Å². The van der Waals surface area contributed by atoms with Crippen LogP contribution in [-0.2, 0) is 10.8 Å². The van der Waals surface area contributed by atoms with Gasteiger partial charge in [0, 0.05) is 62.0 Å².